The van der Waals surface area contributed by atoms with Crippen LogP contribution in [0.25, 0.3) is 0 Å². The number of allylic oxidation sites excluding steroid dienone is 2. The molecule has 0 spiro atoms. The first-order chi connectivity index (χ1) is 13.5. The molecule has 0 fully saturated rings. The summed E-state index contributed by atoms with van der Waals surface area (Å²) in [6.07, 6.45) is 1.63. The number of rotatable bonds is 3. The molecule has 1 aromatic rings. The van der Waals surface area contributed by atoms with Crippen molar-refractivity contribution in [2.75, 3.05) is 6.54 Å². The predicted octanol–water partition coefficient (Wildman–Crippen LogP) is 7.08. The maximum atomic E-state index is 12.3. The van der Waals surface area contributed by atoms with Crippen molar-refractivity contribution in [3.8, 4) is 5.75 Å². The lowest BCUT2D eigenvalue weighted by Crippen LogP contribution is -2.26. The van der Waals surface area contributed by atoms with Crippen molar-refractivity contribution in [2.45, 2.75) is 67.3 Å². The number of benzene rings is 1. The summed E-state index contributed by atoms with van der Waals surface area (Å²) in [5, 5.41) is 8.22. The van der Waals surface area contributed by atoms with E-state index >= 15 is 0 Å². The Balaban J connectivity index is 0.000000627. The molecule has 0 atom stereocenters. The summed E-state index contributed by atoms with van der Waals surface area (Å²) < 4.78 is 40.9. The van der Waals surface area contributed by atoms with Crippen LogP contribution in [0.5, 0.6) is 5.75 Å². The molecule has 1 heterocycles. The van der Waals surface area contributed by atoms with Crippen LogP contribution in [-0.4, -0.2) is 23.6 Å². The van der Waals surface area contributed by atoms with E-state index < -0.39 is 6.36 Å². The minimum atomic E-state index is -4.70. The Morgan fingerprint density at radius 2 is 1.79 bits per heavy atom. The summed E-state index contributed by atoms with van der Waals surface area (Å²) in [5.74, 6) is 0.939. The topological polar surface area (TPSA) is 36.3 Å². The van der Waals surface area contributed by atoms with Gasteiger partial charge < -0.3 is 9.64 Å². The molecule has 1 aliphatic carbocycles. The van der Waals surface area contributed by atoms with Crippen LogP contribution in [0.3, 0.4) is 0 Å². The molecule has 1 N–H and O–H groups in total. The Kier molecular flexibility index (Phi) is 9.47. The van der Waals surface area contributed by atoms with Crippen LogP contribution >= 0.6 is 0 Å². The van der Waals surface area contributed by atoms with Gasteiger partial charge in [0.05, 0.1) is 0 Å². The molecule has 29 heavy (non-hydrogen) atoms. The van der Waals surface area contributed by atoms with Gasteiger partial charge in [0, 0.05) is 18.7 Å². The van der Waals surface area contributed by atoms with Gasteiger partial charge in [0.2, 0.25) is 0 Å². The minimum absolute atomic E-state index is 0.237. The van der Waals surface area contributed by atoms with E-state index in [0.717, 1.165) is 24.3 Å². The van der Waals surface area contributed by atoms with Gasteiger partial charge in [-0.1, -0.05) is 52.3 Å². The summed E-state index contributed by atoms with van der Waals surface area (Å²) in [7, 11) is 0. The number of alkyl halides is 3. The zero-order valence-corrected chi connectivity index (χ0v) is 18.3. The van der Waals surface area contributed by atoms with Crippen LogP contribution in [-0.2, 0) is 6.54 Å². The van der Waals surface area contributed by atoms with Gasteiger partial charge in [0.15, 0.2) is 0 Å². The van der Waals surface area contributed by atoms with Gasteiger partial charge in [-0.3, -0.25) is 5.41 Å². The van der Waals surface area contributed by atoms with Gasteiger partial charge in [0.1, 0.15) is 11.6 Å². The smallest absolute Gasteiger partial charge is 0.406 e. The molecule has 0 saturated carbocycles. The SMILES string of the molecule is CC.CC(C)C.CC1=CC(CN2Cc3cc(OC(F)(F)F)ccc3C2=N)=CCC1. The molecule has 0 amide bonds. The first kappa shape index (κ1) is 24.8. The highest BCUT2D eigenvalue weighted by molar-refractivity contribution is 6.00. The van der Waals surface area contributed by atoms with Crippen molar-refractivity contribution in [1.82, 2.24) is 4.90 Å². The second-order valence-electron chi connectivity index (χ2n) is 7.61. The second-order valence-corrected chi connectivity index (χ2v) is 7.61. The number of hydrogen-bond donors (Lipinski definition) is 1. The number of halogens is 3. The molecule has 0 aromatic heterocycles. The highest BCUT2D eigenvalue weighted by Crippen LogP contribution is 2.30. The Bertz CT molecular complexity index is 746. The van der Waals surface area contributed by atoms with E-state index in [0.29, 0.717) is 30.1 Å². The average Bonchev–Trinajstić information content (AvgIpc) is 2.90. The van der Waals surface area contributed by atoms with Crippen LogP contribution in [0, 0.1) is 11.3 Å². The molecule has 2 aliphatic rings. The van der Waals surface area contributed by atoms with Crippen LogP contribution in [0.4, 0.5) is 13.2 Å². The van der Waals surface area contributed by atoms with Gasteiger partial charge >= 0.3 is 6.36 Å². The molecule has 1 aromatic carbocycles. The summed E-state index contributed by atoms with van der Waals surface area (Å²) >= 11 is 0. The van der Waals surface area contributed by atoms with Gasteiger partial charge in [-0.2, -0.15) is 0 Å². The minimum Gasteiger partial charge on any atom is -0.406 e. The van der Waals surface area contributed by atoms with Crippen LogP contribution in [0.15, 0.2) is 41.5 Å². The molecule has 3 rings (SSSR count). The number of nitrogens with zero attached hydrogens (tertiary/aromatic N) is 1. The summed E-state index contributed by atoms with van der Waals surface area (Å²) in [6, 6.07) is 4.15. The molecule has 1 aliphatic heterocycles. The fraction of sp³-hybridized carbons (Fsp3) is 0.522. The number of fused-ring (bicyclic) bond motifs is 1. The molecule has 162 valence electrons. The Morgan fingerprint density at radius 3 is 2.34 bits per heavy atom. The number of amidine groups is 1. The van der Waals surface area contributed by atoms with Gasteiger partial charge in [-0.05, 0) is 55.0 Å². The molecule has 0 saturated heterocycles. The van der Waals surface area contributed by atoms with Crippen molar-refractivity contribution >= 4 is 5.84 Å². The zero-order valence-electron chi connectivity index (χ0n) is 18.3. The Labute approximate surface area is 172 Å². The largest absolute Gasteiger partial charge is 0.573 e. The normalized spacial score (nSPS) is 15.5. The summed E-state index contributed by atoms with van der Waals surface area (Å²) in [6.45, 7) is 13.6. The number of hydrogen-bond acceptors (Lipinski definition) is 2. The van der Waals surface area contributed by atoms with Crippen molar-refractivity contribution in [2.24, 2.45) is 5.92 Å². The van der Waals surface area contributed by atoms with Crippen molar-refractivity contribution < 1.29 is 17.9 Å². The van der Waals surface area contributed by atoms with E-state index in [1.54, 1.807) is 0 Å². The quantitative estimate of drug-likeness (QED) is 0.578. The van der Waals surface area contributed by atoms with Gasteiger partial charge in [-0.15, -0.1) is 13.2 Å². The van der Waals surface area contributed by atoms with E-state index in [-0.39, 0.29) is 5.75 Å². The molecular weight excluding hydrogens is 377 g/mol. The third-order valence-corrected chi connectivity index (χ3v) is 3.99. The summed E-state index contributed by atoms with van der Waals surface area (Å²) in [4.78, 5) is 1.86. The maximum Gasteiger partial charge on any atom is 0.573 e. The lowest BCUT2D eigenvalue weighted by molar-refractivity contribution is -0.274. The first-order valence-corrected chi connectivity index (χ1v) is 10.1. The highest BCUT2D eigenvalue weighted by atomic mass is 19.4. The number of nitrogens with one attached hydrogen (secondary N) is 1. The summed E-state index contributed by atoms with van der Waals surface area (Å²) in [5.41, 5.74) is 3.81. The van der Waals surface area contributed by atoms with Crippen LogP contribution in [0.1, 0.15) is 65.5 Å². The zero-order chi connectivity index (χ0) is 22.2. The number of ether oxygens (including phenoxy) is 1. The van der Waals surface area contributed by atoms with Gasteiger partial charge in [-0.25, -0.2) is 0 Å². The Morgan fingerprint density at radius 1 is 1.17 bits per heavy atom. The molecule has 0 bridgehead atoms. The predicted molar refractivity (Wildman–Crippen MR) is 113 cm³/mol. The van der Waals surface area contributed by atoms with Crippen molar-refractivity contribution in [3.05, 3.63) is 52.6 Å². The van der Waals surface area contributed by atoms with Crippen LogP contribution in [0.2, 0.25) is 0 Å². The second kappa shape index (κ2) is 11.1. The molecule has 3 nitrogen and oxygen atoms in total. The fourth-order valence-electron chi connectivity index (χ4n) is 2.98. The first-order valence-electron chi connectivity index (χ1n) is 10.1. The third kappa shape index (κ3) is 8.34. The van der Waals surface area contributed by atoms with Crippen LogP contribution < -0.4 is 4.74 Å². The van der Waals surface area contributed by atoms with E-state index in [9.17, 15) is 13.2 Å². The van der Waals surface area contributed by atoms with E-state index in [1.165, 1.54) is 23.8 Å². The molecular formula is C23H33F3N2O. The lowest BCUT2D eigenvalue weighted by atomic mass is 10.0. The lowest BCUT2D eigenvalue weighted by Gasteiger charge is -2.20. The molecule has 0 radical (unpaired) electrons. The standard InChI is InChI=1S/C17H17F3N2O.C4H10.C2H6/c1-11-3-2-4-12(7-11)9-22-10-13-8-14(23-17(18,19)20)5-6-15(13)16(22)21;1-4(2)3;1-2/h4-8,21H,2-3,9-10H2,1H3;4H,1-3H3;1-2H3. The highest BCUT2D eigenvalue weighted by Gasteiger charge is 2.32. The average molecular weight is 411 g/mol. The van der Waals surface area contributed by atoms with Gasteiger partial charge in [0.25, 0.3) is 0 Å². The van der Waals surface area contributed by atoms with Crippen molar-refractivity contribution in [3.63, 3.8) is 0 Å². The fourth-order valence-corrected chi connectivity index (χ4v) is 2.98. The molecule has 0 unspecified atom stereocenters. The Hall–Kier alpha value is -2.24. The van der Waals surface area contributed by atoms with E-state index in [4.69, 9.17) is 5.41 Å². The molecule has 6 heteroatoms. The van der Waals surface area contributed by atoms with Crippen molar-refractivity contribution in [1.29, 1.82) is 5.41 Å². The maximum absolute atomic E-state index is 12.3. The third-order valence-electron chi connectivity index (χ3n) is 3.99. The van der Waals surface area contributed by atoms with E-state index in [2.05, 4.69) is 44.6 Å². The van der Waals surface area contributed by atoms with E-state index in [1.807, 2.05) is 18.7 Å². The monoisotopic (exact) mass is 410 g/mol.